The molecule has 0 aromatic heterocycles. The predicted molar refractivity (Wildman–Crippen MR) is 68.1 cm³/mol. The second-order valence-electron chi connectivity index (χ2n) is 3.83. The molecule has 0 amide bonds. The molecule has 90 valence electrons. The molecule has 1 N–H and O–H groups in total. The molecule has 0 fully saturated rings. The van der Waals surface area contributed by atoms with Crippen LogP contribution in [0.1, 0.15) is 11.1 Å². The molecule has 0 bridgehead atoms. The summed E-state index contributed by atoms with van der Waals surface area (Å²) in [6.07, 6.45) is 5.29. The lowest BCUT2D eigenvalue weighted by molar-refractivity contribution is 0.507. The molecular formula is C15H11F2N. The molecule has 0 aliphatic rings. The van der Waals surface area contributed by atoms with E-state index in [1.54, 1.807) is 0 Å². The quantitative estimate of drug-likeness (QED) is 0.813. The van der Waals surface area contributed by atoms with E-state index < -0.39 is 11.6 Å². The Morgan fingerprint density at radius 3 is 2.61 bits per heavy atom. The molecule has 2 aromatic carbocycles. The Kier molecular flexibility index (Phi) is 3.59. The normalized spacial score (nSPS) is 9.83. The fraction of sp³-hybridized carbons (Fsp3) is 0.0667. The van der Waals surface area contributed by atoms with Gasteiger partial charge in [0, 0.05) is 17.8 Å². The van der Waals surface area contributed by atoms with Gasteiger partial charge in [-0.1, -0.05) is 18.1 Å². The van der Waals surface area contributed by atoms with E-state index in [4.69, 9.17) is 6.42 Å². The summed E-state index contributed by atoms with van der Waals surface area (Å²) in [5.41, 5.74) is 2.28. The van der Waals surface area contributed by atoms with E-state index in [9.17, 15) is 8.78 Å². The first-order valence-electron chi connectivity index (χ1n) is 5.43. The smallest absolute Gasteiger partial charge is 0.159 e. The van der Waals surface area contributed by atoms with Gasteiger partial charge in [-0.3, -0.25) is 0 Å². The fourth-order valence-corrected chi connectivity index (χ4v) is 1.57. The van der Waals surface area contributed by atoms with Gasteiger partial charge in [-0.15, -0.1) is 6.42 Å². The van der Waals surface area contributed by atoms with Crippen molar-refractivity contribution in [3.8, 4) is 12.3 Å². The first kappa shape index (κ1) is 12.1. The Balaban J connectivity index is 2.07. The fourth-order valence-electron chi connectivity index (χ4n) is 1.57. The van der Waals surface area contributed by atoms with Crippen LogP contribution in [-0.2, 0) is 6.54 Å². The summed E-state index contributed by atoms with van der Waals surface area (Å²) in [5.74, 6) is 0.852. The molecule has 1 nitrogen and oxygen atoms in total. The van der Waals surface area contributed by atoms with Crippen molar-refractivity contribution in [2.24, 2.45) is 0 Å². The van der Waals surface area contributed by atoms with E-state index in [1.165, 1.54) is 12.1 Å². The minimum Gasteiger partial charge on any atom is -0.381 e. The average molecular weight is 243 g/mol. The summed E-state index contributed by atoms with van der Waals surface area (Å²) in [4.78, 5) is 0. The van der Waals surface area contributed by atoms with Gasteiger partial charge in [0.25, 0.3) is 0 Å². The summed E-state index contributed by atoms with van der Waals surface area (Å²) >= 11 is 0. The van der Waals surface area contributed by atoms with Gasteiger partial charge in [-0.25, -0.2) is 8.78 Å². The topological polar surface area (TPSA) is 12.0 Å². The first-order valence-corrected chi connectivity index (χ1v) is 5.43. The van der Waals surface area contributed by atoms with Crippen LogP contribution in [0.2, 0.25) is 0 Å². The molecule has 0 heterocycles. The second kappa shape index (κ2) is 5.33. The molecule has 0 aliphatic heterocycles. The number of nitrogens with one attached hydrogen (secondary N) is 1. The van der Waals surface area contributed by atoms with E-state index in [0.29, 0.717) is 12.1 Å². The van der Waals surface area contributed by atoms with Crippen LogP contribution in [0.15, 0.2) is 42.5 Å². The molecule has 2 aromatic rings. The predicted octanol–water partition coefficient (Wildman–Crippen LogP) is 3.56. The van der Waals surface area contributed by atoms with Gasteiger partial charge in [0.1, 0.15) is 0 Å². The van der Waals surface area contributed by atoms with E-state index in [1.807, 2.05) is 24.3 Å². The van der Waals surface area contributed by atoms with Crippen molar-refractivity contribution < 1.29 is 8.78 Å². The summed E-state index contributed by atoms with van der Waals surface area (Å²) in [6, 6.07) is 11.2. The van der Waals surface area contributed by atoms with Crippen molar-refractivity contribution in [3.05, 3.63) is 65.2 Å². The lowest BCUT2D eigenvalue weighted by atomic mass is 10.2. The average Bonchev–Trinajstić information content (AvgIpc) is 2.40. The molecule has 2 rings (SSSR count). The van der Waals surface area contributed by atoms with Gasteiger partial charge in [-0.05, 0) is 35.9 Å². The summed E-state index contributed by atoms with van der Waals surface area (Å²) in [6.45, 7) is 0.408. The number of hydrogen-bond acceptors (Lipinski definition) is 1. The molecule has 0 saturated heterocycles. The van der Waals surface area contributed by atoms with Gasteiger partial charge in [-0.2, -0.15) is 0 Å². The minimum atomic E-state index is -0.841. The van der Waals surface area contributed by atoms with Crippen LogP contribution in [0, 0.1) is 24.0 Å². The molecule has 0 radical (unpaired) electrons. The highest BCUT2D eigenvalue weighted by atomic mass is 19.2. The summed E-state index contributed by atoms with van der Waals surface area (Å²) in [5, 5.41) is 3.10. The monoisotopic (exact) mass is 243 g/mol. The van der Waals surface area contributed by atoms with E-state index in [2.05, 4.69) is 11.2 Å². The van der Waals surface area contributed by atoms with Crippen molar-refractivity contribution in [2.75, 3.05) is 5.32 Å². The SMILES string of the molecule is C#Cc1cccc(NCc2ccc(F)c(F)c2)c1. The highest BCUT2D eigenvalue weighted by Crippen LogP contribution is 2.13. The number of rotatable bonds is 3. The molecule has 0 saturated carbocycles. The zero-order valence-corrected chi connectivity index (χ0v) is 9.58. The van der Waals surface area contributed by atoms with Crippen LogP contribution < -0.4 is 5.32 Å². The Labute approximate surface area is 104 Å². The van der Waals surface area contributed by atoms with Crippen molar-refractivity contribution in [2.45, 2.75) is 6.54 Å². The number of halogens is 2. The minimum absolute atomic E-state index is 0.408. The lowest BCUT2D eigenvalue weighted by Gasteiger charge is -2.07. The van der Waals surface area contributed by atoms with Crippen LogP contribution in [-0.4, -0.2) is 0 Å². The van der Waals surface area contributed by atoms with Gasteiger partial charge < -0.3 is 5.32 Å². The largest absolute Gasteiger partial charge is 0.381 e. The molecular weight excluding hydrogens is 232 g/mol. The second-order valence-corrected chi connectivity index (χ2v) is 3.83. The standard InChI is InChI=1S/C15H11F2N/c1-2-11-4-3-5-13(8-11)18-10-12-6-7-14(16)15(17)9-12/h1,3-9,18H,10H2. The Morgan fingerprint density at radius 2 is 1.89 bits per heavy atom. The third kappa shape index (κ3) is 2.86. The van der Waals surface area contributed by atoms with Crippen LogP contribution in [0.4, 0.5) is 14.5 Å². The Morgan fingerprint density at radius 1 is 1.06 bits per heavy atom. The highest BCUT2D eigenvalue weighted by molar-refractivity contribution is 5.50. The lowest BCUT2D eigenvalue weighted by Crippen LogP contribution is -2.00. The van der Waals surface area contributed by atoms with Crippen LogP contribution in [0.25, 0.3) is 0 Å². The van der Waals surface area contributed by atoms with Crippen molar-refractivity contribution in [3.63, 3.8) is 0 Å². The van der Waals surface area contributed by atoms with Crippen molar-refractivity contribution in [1.82, 2.24) is 0 Å². The van der Waals surface area contributed by atoms with Crippen molar-refractivity contribution >= 4 is 5.69 Å². The first-order chi connectivity index (χ1) is 8.69. The molecule has 3 heteroatoms. The van der Waals surface area contributed by atoms with Crippen molar-refractivity contribution in [1.29, 1.82) is 0 Å². The highest BCUT2D eigenvalue weighted by Gasteiger charge is 2.02. The van der Waals surface area contributed by atoms with Gasteiger partial charge in [0.15, 0.2) is 11.6 Å². The third-order valence-electron chi connectivity index (χ3n) is 2.51. The number of anilines is 1. The summed E-state index contributed by atoms with van der Waals surface area (Å²) < 4.78 is 25.7. The Hall–Kier alpha value is -2.34. The number of hydrogen-bond donors (Lipinski definition) is 1. The van der Waals surface area contributed by atoms with E-state index in [-0.39, 0.29) is 0 Å². The Bertz CT molecular complexity index is 600. The molecule has 0 aliphatic carbocycles. The van der Waals surface area contributed by atoms with Gasteiger partial charge in [0.2, 0.25) is 0 Å². The van der Waals surface area contributed by atoms with E-state index in [0.717, 1.165) is 17.3 Å². The van der Waals surface area contributed by atoms with Crippen LogP contribution in [0.5, 0.6) is 0 Å². The molecule has 18 heavy (non-hydrogen) atoms. The van der Waals surface area contributed by atoms with E-state index >= 15 is 0 Å². The third-order valence-corrected chi connectivity index (χ3v) is 2.51. The molecule has 0 unspecified atom stereocenters. The van der Waals surface area contributed by atoms with Crippen LogP contribution >= 0.6 is 0 Å². The van der Waals surface area contributed by atoms with Gasteiger partial charge >= 0.3 is 0 Å². The number of benzene rings is 2. The number of terminal acetylenes is 1. The maximum atomic E-state index is 13.0. The summed E-state index contributed by atoms with van der Waals surface area (Å²) in [7, 11) is 0. The zero-order valence-electron chi connectivity index (χ0n) is 9.58. The maximum absolute atomic E-state index is 13.0. The molecule has 0 spiro atoms. The zero-order chi connectivity index (χ0) is 13.0. The van der Waals surface area contributed by atoms with Crippen LogP contribution in [0.3, 0.4) is 0 Å². The maximum Gasteiger partial charge on any atom is 0.159 e. The van der Waals surface area contributed by atoms with Gasteiger partial charge in [0.05, 0.1) is 0 Å². The molecule has 0 atom stereocenters.